The summed E-state index contributed by atoms with van der Waals surface area (Å²) in [7, 11) is 1.72. The Balaban J connectivity index is 2.54. The first-order valence-electron chi connectivity index (χ1n) is 5.06. The standard InChI is InChI=1S/C11H18N2OS/c1-9-4-5-10(8-12)11(13-9)15-7-3-6-14-2/h4-5H,3,6-8,12H2,1-2H3. The molecule has 0 unspecified atom stereocenters. The van der Waals surface area contributed by atoms with E-state index in [1.165, 1.54) is 0 Å². The van der Waals surface area contributed by atoms with Crippen LogP contribution in [0.1, 0.15) is 17.7 Å². The van der Waals surface area contributed by atoms with E-state index in [1.807, 2.05) is 13.0 Å². The van der Waals surface area contributed by atoms with Crippen LogP contribution < -0.4 is 5.73 Å². The van der Waals surface area contributed by atoms with Gasteiger partial charge in [-0.05, 0) is 25.0 Å². The van der Waals surface area contributed by atoms with Crippen molar-refractivity contribution in [2.45, 2.75) is 24.9 Å². The van der Waals surface area contributed by atoms with E-state index in [-0.39, 0.29) is 0 Å². The van der Waals surface area contributed by atoms with Crippen LogP contribution >= 0.6 is 11.8 Å². The Morgan fingerprint density at radius 1 is 1.47 bits per heavy atom. The minimum atomic E-state index is 0.555. The van der Waals surface area contributed by atoms with Crippen molar-refractivity contribution in [3.05, 3.63) is 23.4 Å². The Morgan fingerprint density at radius 3 is 2.93 bits per heavy atom. The molecule has 0 aliphatic carbocycles. The first kappa shape index (κ1) is 12.5. The summed E-state index contributed by atoms with van der Waals surface area (Å²) in [5, 5.41) is 1.06. The smallest absolute Gasteiger partial charge is 0.101 e. The summed E-state index contributed by atoms with van der Waals surface area (Å²) in [4.78, 5) is 4.48. The zero-order valence-electron chi connectivity index (χ0n) is 9.32. The number of hydrogen-bond acceptors (Lipinski definition) is 4. The number of thioether (sulfide) groups is 1. The molecule has 0 aliphatic rings. The molecular weight excluding hydrogens is 208 g/mol. The molecule has 0 saturated carbocycles. The molecule has 15 heavy (non-hydrogen) atoms. The molecule has 0 aliphatic heterocycles. The van der Waals surface area contributed by atoms with Gasteiger partial charge < -0.3 is 10.5 Å². The molecule has 0 aromatic carbocycles. The van der Waals surface area contributed by atoms with Crippen molar-refractivity contribution in [3.63, 3.8) is 0 Å². The average Bonchev–Trinajstić information content (AvgIpc) is 2.25. The number of aryl methyl sites for hydroxylation is 1. The van der Waals surface area contributed by atoms with E-state index in [1.54, 1.807) is 18.9 Å². The van der Waals surface area contributed by atoms with E-state index in [2.05, 4.69) is 11.1 Å². The van der Waals surface area contributed by atoms with E-state index in [9.17, 15) is 0 Å². The second kappa shape index (κ2) is 6.82. The van der Waals surface area contributed by atoms with Gasteiger partial charge in [0.15, 0.2) is 0 Å². The van der Waals surface area contributed by atoms with Crippen LogP contribution in [0, 0.1) is 6.92 Å². The predicted molar refractivity (Wildman–Crippen MR) is 64.1 cm³/mol. The lowest BCUT2D eigenvalue weighted by Crippen LogP contribution is -2.01. The molecular formula is C11H18N2OS. The number of hydrogen-bond donors (Lipinski definition) is 1. The Morgan fingerprint density at radius 2 is 2.27 bits per heavy atom. The summed E-state index contributed by atoms with van der Waals surface area (Å²) >= 11 is 1.75. The zero-order chi connectivity index (χ0) is 11.1. The number of methoxy groups -OCH3 is 1. The summed E-state index contributed by atoms with van der Waals surface area (Å²) in [6.07, 6.45) is 1.04. The molecule has 0 spiro atoms. The lowest BCUT2D eigenvalue weighted by Gasteiger charge is -2.07. The van der Waals surface area contributed by atoms with Gasteiger partial charge in [-0.15, -0.1) is 11.8 Å². The van der Waals surface area contributed by atoms with Gasteiger partial charge >= 0.3 is 0 Å². The third kappa shape index (κ3) is 4.20. The van der Waals surface area contributed by atoms with Gasteiger partial charge in [0, 0.05) is 31.7 Å². The van der Waals surface area contributed by atoms with E-state index in [4.69, 9.17) is 10.5 Å². The molecule has 1 aromatic heterocycles. The SMILES string of the molecule is COCCCSc1nc(C)ccc1CN. The van der Waals surface area contributed by atoms with E-state index in [0.717, 1.165) is 35.1 Å². The zero-order valence-corrected chi connectivity index (χ0v) is 10.1. The van der Waals surface area contributed by atoms with Crippen molar-refractivity contribution >= 4 is 11.8 Å². The van der Waals surface area contributed by atoms with E-state index < -0.39 is 0 Å². The van der Waals surface area contributed by atoms with Crippen molar-refractivity contribution in [3.8, 4) is 0 Å². The molecule has 3 nitrogen and oxygen atoms in total. The van der Waals surface area contributed by atoms with Crippen molar-refractivity contribution < 1.29 is 4.74 Å². The summed E-state index contributed by atoms with van der Waals surface area (Å²) in [5.41, 5.74) is 7.82. The second-order valence-corrected chi connectivity index (χ2v) is 4.40. The molecule has 84 valence electrons. The van der Waals surface area contributed by atoms with Crippen molar-refractivity contribution in [1.29, 1.82) is 0 Å². The van der Waals surface area contributed by atoms with Gasteiger partial charge in [0.1, 0.15) is 5.03 Å². The number of aromatic nitrogens is 1. The van der Waals surface area contributed by atoms with Gasteiger partial charge in [0.2, 0.25) is 0 Å². The second-order valence-electron chi connectivity index (χ2n) is 3.32. The first-order valence-corrected chi connectivity index (χ1v) is 6.05. The van der Waals surface area contributed by atoms with Gasteiger partial charge in [0.25, 0.3) is 0 Å². The normalized spacial score (nSPS) is 10.6. The fourth-order valence-corrected chi connectivity index (χ4v) is 2.22. The van der Waals surface area contributed by atoms with Crippen LogP contribution in [-0.4, -0.2) is 24.5 Å². The summed E-state index contributed by atoms with van der Waals surface area (Å²) in [5.74, 6) is 1.03. The largest absolute Gasteiger partial charge is 0.385 e. The Bertz CT molecular complexity index is 305. The summed E-state index contributed by atoms with van der Waals surface area (Å²) in [6.45, 7) is 3.36. The first-order chi connectivity index (χ1) is 7.27. The lowest BCUT2D eigenvalue weighted by atomic mass is 10.2. The molecule has 1 rings (SSSR count). The fraction of sp³-hybridized carbons (Fsp3) is 0.545. The van der Waals surface area contributed by atoms with E-state index in [0.29, 0.717) is 6.54 Å². The molecule has 0 radical (unpaired) electrons. The minimum Gasteiger partial charge on any atom is -0.385 e. The maximum atomic E-state index is 5.65. The van der Waals surface area contributed by atoms with Gasteiger partial charge in [-0.25, -0.2) is 4.98 Å². The molecule has 1 heterocycles. The molecule has 0 bridgehead atoms. The quantitative estimate of drug-likeness (QED) is 0.595. The van der Waals surface area contributed by atoms with Gasteiger partial charge in [-0.3, -0.25) is 0 Å². The van der Waals surface area contributed by atoms with Crippen molar-refractivity contribution in [2.75, 3.05) is 19.5 Å². The highest BCUT2D eigenvalue weighted by Gasteiger charge is 2.03. The van der Waals surface area contributed by atoms with Crippen molar-refractivity contribution in [1.82, 2.24) is 4.98 Å². The monoisotopic (exact) mass is 226 g/mol. The summed E-state index contributed by atoms with van der Waals surface area (Å²) in [6, 6.07) is 4.06. The molecule has 4 heteroatoms. The maximum Gasteiger partial charge on any atom is 0.101 e. The number of ether oxygens (including phenoxy) is 1. The maximum absolute atomic E-state index is 5.65. The molecule has 0 fully saturated rings. The Kier molecular flexibility index (Phi) is 5.68. The van der Waals surface area contributed by atoms with Crippen LogP contribution in [0.15, 0.2) is 17.2 Å². The third-order valence-corrected chi connectivity index (χ3v) is 3.15. The van der Waals surface area contributed by atoms with Gasteiger partial charge in [-0.2, -0.15) is 0 Å². The third-order valence-electron chi connectivity index (χ3n) is 2.03. The topological polar surface area (TPSA) is 48.1 Å². The predicted octanol–water partition coefficient (Wildman–Crippen LogP) is 1.98. The van der Waals surface area contributed by atoms with Crippen LogP contribution in [0.4, 0.5) is 0 Å². The van der Waals surface area contributed by atoms with Gasteiger partial charge in [-0.1, -0.05) is 6.07 Å². The van der Waals surface area contributed by atoms with Crippen LogP contribution in [0.2, 0.25) is 0 Å². The fourth-order valence-electron chi connectivity index (χ4n) is 1.21. The van der Waals surface area contributed by atoms with E-state index >= 15 is 0 Å². The molecule has 1 aromatic rings. The number of nitrogens with two attached hydrogens (primary N) is 1. The highest BCUT2D eigenvalue weighted by atomic mass is 32.2. The number of rotatable bonds is 6. The molecule has 0 saturated heterocycles. The van der Waals surface area contributed by atoms with Crippen LogP contribution in [0.5, 0.6) is 0 Å². The Labute approximate surface area is 95.4 Å². The van der Waals surface area contributed by atoms with Crippen LogP contribution in [0.25, 0.3) is 0 Å². The molecule has 0 amide bonds. The average molecular weight is 226 g/mol. The Hall–Kier alpha value is -0.580. The molecule has 2 N–H and O–H groups in total. The van der Waals surface area contributed by atoms with Crippen LogP contribution in [0.3, 0.4) is 0 Å². The summed E-state index contributed by atoms with van der Waals surface area (Å²) < 4.78 is 5.00. The minimum absolute atomic E-state index is 0.555. The van der Waals surface area contributed by atoms with Crippen molar-refractivity contribution in [2.24, 2.45) is 5.73 Å². The number of pyridine rings is 1. The molecule has 0 atom stereocenters. The lowest BCUT2D eigenvalue weighted by molar-refractivity contribution is 0.200. The van der Waals surface area contributed by atoms with Crippen LogP contribution in [-0.2, 0) is 11.3 Å². The van der Waals surface area contributed by atoms with Gasteiger partial charge in [0.05, 0.1) is 0 Å². The number of nitrogens with zero attached hydrogens (tertiary/aromatic N) is 1. The highest BCUT2D eigenvalue weighted by molar-refractivity contribution is 7.99. The highest BCUT2D eigenvalue weighted by Crippen LogP contribution is 2.21.